The summed E-state index contributed by atoms with van der Waals surface area (Å²) in [7, 11) is 1.98. The smallest absolute Gasteiger partial charge is 0.191 e. The van der Waals surface area contributed by atoms with Gasteiger partial charge in [-0.15, -0.1) is 45.5 Å². The van der Waals surface area contributed by atoms with Crippen LogP contribution in [0.3, 0.4) is 0 Å². The maximum absolute atomic E-state index is 4.74. The molecule has 0 saturated carbocycles. The Bertz CT molecular complexity index is 752. The molecular formula is C21H36IN7S. The Kier molecular flexibility index (Phi) is 11.1. The van der Waals surface area contributed by atoms with Crippen LogP contribution in [0.2, 0.25) is 0 Å². The van der Waals surface area contributed by atoms with Gasteiger partial charge in [-0.3, -0.25) is 0 Å². The maximum Gasteiger partial charge on any atom is 0.191 e. The van der Waals surface area contributed by atoms with Crippen molar-refractivity contribution in [2.45, 2.75) is 46.1 Å². The standard InChI is InChI=1S/C21H35N7S.HI/c1-17-8-13-28(14-9-17)12-5-10-22-21(23-11-7-19-6-4-15-29-19)24-16-20-26-25-18(2)27(20)3;/h4,6,15,17H,5,7-14,16H2,1-3H3,(H2,22,23,24);1H. The van der Waals surface area contributed by atoms with Crippen molar-refractivity contribution in [1.82, 2.24) is 30.3 Å². The van der Waals surface area contributed by atoms with Crippen molar-refractivity contribution < 1.29 is 0 Å². The van der Waals surface area contributed by atoms with Crippen LogP contribution in [0, 0.1) is 12.8 Å². The van der Waals surface area contributed by atoms with E-state index in [4.69, 9.17) is 4.99 Å². The minimum absolute atomic E-state index is 0. The summed E-state index contributed by atoms with van der Waals surface area (Å²) in [5.74, 6) is 3.53. The number of hydrogen-bond donors (Lipinski definition) is 2. The maximum atomic E-state index is 4.74. The molecule has 2 aromatic rings. The fraction of sp³-hybridized carbons (Fsp3) is 0.667. The number of piperidine rings is 1. The molecule has 7 nitrogen and oxygen atoms in total. The van der Waals surface area contributed by atoms with Gasteiger partial charge in [-0.2, -0.15) is 0 Å². The number of nitrogens with zero attached hydrogens (tertiary/aromatic N) is 5. The number of thiophene rings is 1. The largest absolute Gasteiger partial charge is 0.356 e. The predicted octanol–water partition coefficient (Wildman–Crippen LogP) is 3.20. The summed E-state index contributed by atoms with van der Waals surface area (Å²) in [5.41, 5.74) is 0. The van der Waals surface area contributed by atoms with Crippen LogP contribution in [0.1, 0.15) is 42.7 Å². The minimum atomic E-state index is 0. The molecule has 2 aromatic heterocycles. The SMILES string of the molecule is Cc1nnc(CN=C(NCCCN2CCC(C)CC2)NCCc2cccs2)n1C.I. The Balaban J connectivity index is 0.00000320. The van der Waals surface area contributed by atoms with Crippen molar-refractivity contribution in [3.63, 3.8) is 0 Å². The van der Waals surface area contributed by atoms with Crippen LogP contribution in [0.4, 0.5) is 0 Å². The molecule has 2 N–H and O–H groups in total. The number of halogens is 1. The van der Waals surface area contributed by atoms with E-state index in [-0.39, 0.29) is 24.0 Å². The molecule has 0 radical (unpaired) electrons. The van der Waals surface area contributed by atoms with Crippen molar-refractivity contribution in [1.29, 1.82) is 0 Å². The first kappa shape index (κ1) is 25.1. The van der Waals surface area contributed by atoms with Crippen LogP contribution in [-0.4, -0.2) is 58.3 Å². The summed E-state index contributed by atoms with van der Waals surface area (Å²) in [6.07, 6.45) is 4.81. The molecule has 0 spiro atoms. The highest BCUT2D eigenvalue weighted by Crippen LogP contribution is 2.15. The second kappa shape index (κ2) is 13.3. The third-order valence-electron chi connectivity index (χ3n) is 5.63. The average Bonchev–Trinajstić information content (AvgIpc) is 3.35. The first-order valence-corrected chi connectivity index (χ1v) is 11.6. The lowest BCUT2D eigenvalue weighted by molar-refractivity contribution is 0.191. The topological polar surface area (TPSA) is 70.4 Å². The molecule has 0 bridgehead atoms. The van der Waals surface area contributed by atoms with Crippen molar-refractivity contribution in [2.24, 2.45) is 18.0 Å². The van der Waals surface area contributed by atoms with E-state index in [1.54, 1.807) is 11.3 Å². The van der Waals surface area contributed by atoms with Gasteiger partial charge < -0.3 is 20.1 Å². The molecule has 0 atom stereocenters. The molecule has 30 heavy (non-hydrogen) atoms. The molecule has 9 heteroatoms. The van der Waals surface area contributed by atoms with Crippen molar-refractivity contribution >= 4 is 41.3 Å². The number of aryl methyl sites for hydroxylation is 1. The van der Waals surface area contributed by atoms with Gasteiger partial charge in [0.1, 0.15) is 12.4 Å². The van der Waals surface area contributed by atoms with Gasteiger partial charge in [-0.1, -0.05) is 13.0 Å². The lowest BCUT2D eigenvalue weighted by Crippen LogP contribution is -2.40. The summed E-state index contributed by atoms with van der Waals surface area (Å²) in [6, 6.07) is 4.28. The normalized spacial score (nSPS) is 15.8. The monoisotopic (exact) mass is 545 g/mol. The molecule has 1 fully saturated rings. The van der Waals surface area contributed by atoms with Crippen LogP contribution in [0.25, 0.3) is 0 Å². The van der Waals surface area contributed by atoms with Gasteiger partial charge in [0.25, 0.3) is 0 Å². The molecule has 1 aliphatic rings. The first-order valence-electron chi connectivity index (χ1n) is 10.7. The van der Waals surface area contributed by atoms with Gasteiger partial charge in [-0.25, -0.2) is 4.99 Å². The average molecular weight is 546 g/mol. The molecule has 3 heterocycles. The minimum Gasteiger partial charge on any atom is -0.356 e. The lowest BCUT2D eigenvalue weighted by atomic mass is 9.99. The van der Waals surface area contributed by atoms with Gasteiger partial charge in [-0.05, 0) is 69.6 Å². The molecule has 0 amide bonds. The Morgan fingerprint density at radius 1 is 1.23 bits per heavy atom. The van der Waals surface area contributed by atoms with Gasteiger partial charge in [0, 0.05) is 25.0 Å². The van der Waals surface area contributed by atoms with Crippen molar-refractivity contribution in [3.8, 4) is 0 Å². The van der Waals surface area contributed by atoms with Crippen molar-refractivity contribution in [3.05, 3.63) is 34.0 Å². The number of aliphatic imine (C=N–C) groups is 1. The second-order valence-corrected chi connectivity index (χ2v) is 8.98. The van der Waals surface area contributed by atoms with Crippen LogP contribution < -0.4 is 10.6 Å². The van der Waals surface area contributed by atoms with E-state index in [9.17, 15) is 0 Å². The Morgan fingerprint density at radius 2 is 2.00 bits per heavy atom. The summed E-state index contributed by atoms with van der Waals surface area (Å²) in [4.78, 5) is 8.72. The summed E-state index contributed by atoms with van der Waals surface area (Å²) < 4.78 is 1.99. The van der Waals surface area contributed by atoms with E-state index < -0.39 is 0 Å². The Labute approximate surface area is 201 Å². The van der Waals surface area contributed by atoms with Crippen LogP contribution in [-0.2, 0) is 20.0 Å². The van der Waals surface area contributed by atoms with E-state index >= 15 is 0 Å². The Morgan fingerprint density at radius 3 is 2.67 bits per heavy atom. The predicted molar refractivity (Wildman–Crippen MR) is 136 cm³/mol. The number of likely N-dealkylation sites (tertiary alicyclic amines) is 1. The Hall–Kier alpha value is -1.20. The molecule has 1 aliphatic heterocycles. The van der Waals surface area contributed by atoms with Crippen LogP contribution >= 0.6 is 35.3 Å². The summed E-state index contributed by atoms with van der Waals surface area (Å²) >= 11 is 1.80. The van der Waals surface area contributed by atoms with E-state index in [0.717, 1.165) is 56.0 Å². The molecule has 0 aliphatic carbocycles. The van der Waals surface area contributed by atoms with Crippen LogP contribution in [0.5, 0.6) is 0 Å². The first-order chi connectivity index (χ1) is 14.1. The highest BCUT2D eigenvalue weighted by atomic mass is 127. The molecular weight excluding hydrogens is 509 g/mol. The third kappa shape index (κ3) is 8.14. The number of guanidine groups is 1. The van der Waals surface area contributed by atoms with Gasteiger partial charge >= 0.3 is 0 Å². The summed E-state index contributed by atoms with van der Waals surface area (Å²) in [5, 5.41) is 17.4. The lowest BCUT2D eigenvalue weighted by Gasteiger charge is -2.30. The quantitative estimate of drug-likeness (QED) is 0.219. The second-order valence-electron chi connectivity index (χ2n) is 7.95. The molecule has 168 valence electrons. The van der Waals surface area contributed by atoms with Gasteiger partial charge in [0.05, 0.1) is 0 Å². The summed E-state index contributed by atoms with van der Waals surface area (Å²) in [6.45, 7) is 10.3. The van der Waals surface area contributed by atoms with E-state index in [1.807, 2.05) is 18.5 Å². The van der Waals surface area contributed by atoms with Gasteiger partial charge in [0.15, 0.2) is 11.8 Å². The fourth-order valence-electron chi connectivity index (χ4n) is 3.47. The third-order valence-corrected chi connectivity index (χ3v) is 6.56. The van der Waals surface area contributed by atoms with Crippen LogP contribution in [0.15, 0.2) is 22.5 Å². The van der Waals surface area contributed by atoms with Crippen molar-refractivity contribution in [2.75, 3.05) is 32.7 Å². The highest BCUT2D eigenvalue weighted by molar-refractivity contribution is 14.0. The molecule has 1 saturated heterocycles. The zero-order valence-corrected chi connectivity index (χ0v) is 21.6. The highest BCUT2D eigenvalue weighted by Gasteiger charge is 2.14. The zero-order chi connectivity index (χ0) is 20.5. The van der Waals surface area contributed by atoms with E-state index in [1.165, 1.54) is 30.8 Å². The van der Waals surface area contributed by atoms with E-state index in [2.05, 4.69) is 50.2 Å². The number of rotatable bonds is 9. The molecule has 0 unspecified atom stereocenters. The fourth-order valence-corrected chi connectivity index (χ4v) is 4.18. The van der Waals surface area contributed by atoms with Gasteiger partial charge in [0.2, 0.25) is 0 Å². The number of nitrogens with one attached hydrogen (secondary N) is 2. The number of aromatic nitrogens is 3. The number of hydrogen-bond acceptors (Lipinski definition) is 5. The zero-order valence-electron chi connectivity index (χ0n) is 18.4. The van der Waals surface area contributed by atoms with E-state index in [0.29, 0.717) is 6.54 Å². The molecule has 0 aromatic carbocycles. The molecule has 3 rings (SSSR count).